The molecule has 3 aromatic heterocycles. The minimum Gasteiger partial charge on any atom is -0.475 e. The quantitative estimate of drug-likeness (QED) is 0.572. The summed E-state index contributed by atoms with van der Waals surface area (Å²) in [6.45, 7) is 0.976. The summed E-state index contributed by atoms with van der Waals surface area (Å²) in [4.78, 5) is 21.2. The van der Waals surface area contributed by atoms with Crippen molar-refractivity contribution in [3.8, 4) is 11.4 Å². The lowest BCUT2D eigenvalue weighted by Gasteiger charge is -2.03. The van der Waals surface area contributed by atoms with E-state index in [1.165, 1.54) is 0 Å². The first-order valence-corrected chi connectivity index (χ1v) is 7.92. The largest absolute Gasteiger partial charge is 0.490 e. The van der Waals surface area contributed by atoms with Gasteiger partial charge in [-0.15, -0.1) is 0 Å². The summed E-state index contributed by atoms with van der Waals surface area (Å²) in [6, 6.07) is 9.51. The van der Waals surface area contributed by atoms with E-state index in [0.717, 1.165) is 16.9 Å². The van der Waals surface area contributed by atoms with Crippen molar-refractivity contribution in [1.29, 1.82) is 0 Å². The lowest BCUT2D eigenvalue weighted by Crippen LogP contribution is -2.26. The van der Waals surface area contributed by atoms with Crippen molar-refractivity contribution >= 4 is 17.4 Å². The molecule has 3 aromatic rings. The van der Waals surface area contributed by atoms with E-state index in [1.807, 2.05) is 40.9 Å². The van der Waals surface area contributed by atoms with Crippen molar-refractivity contribution in [1.82, 2.24) is 19.9 Å². The van der Waals surface area contributed by atoms with Crippen LogP contribution in [0.5, 0.6) is 0 Å². The second kappa shape index (κ2) is 9.04. The van der Waals surface area contributed by atoms with Crippen LogP contribution in [0.1, 0.15) is 10.4 Å². The molecular weight excluding hydrogens is 381 g/mol. The maximum absolute atomic E-state index is 12.3. The molecule has 0 saturated heterocycles. The summed E-state index contributed by atoms with van der Waals surface area (Å²) in [5, 5.41) is 16.9. The number of hydrogen-bond donors (Lipinski definition) is 3. The Kier molecular flexibility index (Phi) is 6.77. The van der Waals surface area contributed by atoms with Gasteiger partial charge >= 0.3 is 12.1 Å². The second-order valence-corrected chi connectivity index (χ2v) is 5.42. The number of fused-ring (bicyclic) bond motifs is 1. The number of ether oxygens (including phenoxy) is 1. The number of alkyl halides is 3. The van der Waals surface area contributed by atoms with Crippen LogP contribution in [-0.4, -0.2) is 58.0 Å². The molecule has 11 heteroatoms. The number of rotatable bonds is 5. The smallest absolute Gasteiger partial charge is 0.475 e. The minimum absolute atomic E-state index is 0.110. The van der Waals surface area contributed by atoms with Crippen molar-refractivity contribution in [2.24, 2.45) is 0 Å². The molecule has 1 amide bonds. The number of aromatic nitrogens is 3. The van der Waals surface area contributed by atoms with Crippen molar-refractivity contribution in [2.45, 2.75) is 6.18 Å². The topological polar surface area (TPSA) is 109 Å². The van der Waals surface area contributed by atoms with Gasteiger partial charge in [-0.2, -0.15) is 18.3 Å². The first kappa shape index (κ1) is 21.0. The first-order chi connectivity index (χ1) is 13.3. The number of halogens is 3. The van der Waals surface area contributed by atoms with Gasteiger partial charge in [-0.05, 0) is 24.3 Å². The van der Waals surface area contributed by atoms with Crippen LogP contribution < -0.4 is 5.32 Å². The van der Waals surface area contributed by atoms with Gasteiger partial charge in [0.15, 0.2) is 0 Å². The second-order valence-electron chi connectivity index (χ2n) is 5.42. The minimum atomic E-state index is -5.08. The standard InChI is InChI=1S/C15H16N4O2.C2HF3O2/c1-21-9-7-16-15(20)11-10-14(12-5-6-17-18-12)19-8-3-2-4-13(11)19;3-2(4,5)1(6)7/h2-6,8,10H,7,9H2,1H3,(H,16,20)(H,17,18);(H,6,7). The summed E-state index contributed by atoms with van der Waals surface area (Å²) in [5.74, 6) is -2.87. The van der Waals surface area contributed by atoms with E-state index < -0.39 is 12.1 Å². The van der Waals surface area contributed by atoms with Crippen LogP contribution in [0, 0.1) is 0 Å². The summed E-state index contributed by atoms with van der Waals surface area (Å²) in [5.41, 5.74) is 3.26. The van der Waals surface area contributed by atoms with E-state index >= 15 is 0 Å². The molecule has 0 unspecified atom stereocenters. The van der Waals surface area contributed by atoms with Crippen LogP contribution in [0.3, 0.4) is 0 Å². The number of aromatic amines is 1. The normalized spacial score (nSPS) is 11.0. The average molecular weight is 398 g/mol. The Labute approximate surface area is 156 Å². The van der Waals surface area contributed by atoms with E-state index in [1.54, 1.807) is 13.3 Å². The van der Waals surface area contributed by atoms with Gasteiger partial charge in [0.25, 0.3) is 5.91 Å². The Morgan fingerprint density at radius 3 is 2.61 bits per heavy atom. The highest BCUT2D eigenvalue weighted by atomic mass is 19.4. The van der Waals surface area contributed by atoms with Gasteiger partial charge in [0.05, 0.1) is 29.1 Å². The maximum atomic E-state index is 12.3. The van der Waals surface area contributed by atoms with E-state index in [4.69, 9.17) is 14.6 Å². The summed E-state index contributed by atoms with van der Waals surface area (Å²) in [6.07, 6.45) is -1.46. The fourth-order valence-corrected chi connectivity index (χ4v) is 2.30. The molecule has 0 aliphatic heterocycles. The number of hydrogen-bond acceptors (Lipinski definition) is 4. The number of aliphatic carboxylic acids is 1. The zero-order chi connectivity index (χ0) is 20.7. The fourth-order valence-electron chi connectivity index (χ4n) is 2.30. The fraction of sp³-hybridized carbons (Fsp3) is 0.235. The lowest BCUT2D eigenvalue weighted by molar-refractivity contribution is -0.192. The van der Waals surface area contributed by atoms with Crippen molar-refractivity contribution < 1.29 is 32.6 Å². The molecule has 0 bridgehead atoms. The Hall–Kier alpha value is -3.34. The molecule has 3 rings (SSSR count). The highest BCUT2D eigenvalue weighted by Crippen LogP contribution is 2.24. The third-order valence-electron chi connectivity index (χ3n) is 3.53. The molecule has 0 saturated carbocycles. The van der Waals surface area contributed by atoms with E-state index in [-0.39, 0.29) is 5.91 Å². The molecule has 150 valence electrons. The molecule has 3 N–H and O–H groups in total. The molecule has 28 heavy (non-hydrogen) atoms. The number of methoxy groups -OCH3 is 1. The first-order valence-electron chi connectivity index (χ1n) is 7.92. The Morgan fingerprint density at radius 2 is 2.04 bits per heavy atom. The van der Waals surface area contributed by atoms with Gasteiger partial charge in [0.2, 0.25) is 0 Å². The molecule has 3 heterocycles. The maximum Gasteiger partial charge on any atom is 0.490 e. The zero-order valence-electron chi connectivity index (χ0n) is 14.7. The van der Waals surface area contributed by atoms with E-state index in [2.05, 4.69) is 15.5 Å². The Balaban J connectivity index is 0.000000345. The van der Waals surface area contributed by atoms with Gasteiger partial charge in [0.1, 0.15) is 0 Å². The van der Waals surface area contributed by atoms with Gasteiger partial charge in [-0.1, -0.05) is 6.07 Å². The van der Waals surface area contributed by atoms with E-state index in [9.17, 15) is 18.0 Å². The van der Waals surface area contributed by atoms with E-state index in [0.29, 0.717) is 18.7 Å². The molecule has 8 nitrogen and oxygen atoms in total. The van der Waals surface area contributed by atoms with Gasteiger partial charge in [-0.3, -0.25) is 9.89 Å². The number of carboxylic acids is 1. The number of carbonyl (C=O) groups is 2. The molecule has 0 atom stereocenters. The van der Waals surface area contributed by atoms with Gasteiger partial charge in [-0.25, -0.2) is 4.79 Å². The number of nitrogens with zero attached hydrogens (tertiary/aromatic N) is 2. The highest BCUT2D eigenvalue weighted by Gasteiger charge is 2.38. The number of amides is 1. The monoisotopic (exact) mass is 398 g/mol. The molecule has 0 aliphatic rings. The van der Waals surface area contributed by atoms with Gasteiger partial charge < -0.3 is 19.6 Å². The number of pyridine rings is 1. The summed E-state index contributed by atoms with van der Waals surface area (Å²) in [7, 11) is 1.61. The number of H-pyrrole nitrogens is 1. The molecular formula is C17H17F3N4O4. The van der Waals surface area contributed by atoms with Crippen LogP contribution in [0.2, 0.25) is 0 Å². The van der Waals surface area contributed by atoms with Crippen LogP contribution in [0.15, 0.2) is 42.7 Å². The zero-order valence-corrected chi connectivity index (χ0v) is 14.7. The molecule has 0 aromatic carbocycles. The number of carbonyl (C=O) groups excluding carboxylic acids is 1. The third-order valence-corrected chi connectivity index (χ3v) is 3.53. The highest BCUT2D eigenvalue weighted by molar-refractivity contribution is 6.02. The van der Waals surface area contributed by atoms with Crippen molar-refractivity contribution in [3.63, 3.8) is 0 Å². The molecule has 0 fully saturated rings. The lowest BCUT2D eigenvalue weighted by atomic mass is 10.2. The van der Waals surface area contributed by atoms with Gasteiger partial charge in [0, 0.05) is 26.0 Å². The number of carboxylic acid groups (broad SMARTS) is 1. The van der Waals surface area contributed by atoms with Crippen LogP contribution in [-0.2, 0) is 9.53 Å². The predicted molar refractivity (Wildman–Crippen MR) is 92.9 cm³/mol. The predicted octanol–water partition coefficient (Wildman–Crippen LogP) is 2.34. The molecule has 0 radical (unpaired) electrons. The SMILES string of the molecule is COCCNC(=O)c1cc(-c2ccn[nH]2)n2ccccc12.O=C(O)C(F)(F)F. The average Bonchev–Trinajstić information content (AvgIpc) is 3.29. The third kappa shape index (κ3) is 5.10. The summed E-state index contributed by atoms with van der Waals surface area (Å²) >= 11 is 0. The van der Waals surface area contributed by atoms with Crippen LogP contribution in [0.25, 0.3) is 16.9 Å². The molecule has 0 spiro atoms. The number of nitrogens with one attached hydrogen (secondary N) is 2. The Morgan fingerprint density at radius 1 is 1.32 bits per heavy atom. The Bertz CT molecular complexity index is 936. The van der Waals surface area contributed by atoms with Crippen LogP contribution >= 0.6 is 0 Å². The summed E-state index contributed by atoms with van der Waals surface area (Å²) < 4.78 is 38.7. The van der Waals surface area contributed by atoms with Crippen molar-refractivity contribution in [2.75, 3.05) is 20.3 Å². The molecule has 0 aliphatic carbocycles. The van der Waals surface area contributed by atoms with Crippen LogP contribution in [0.4, 0.5) is 13.2 Å². The van der Waals surface area contributed by atoms with Crippen molar-refractivity contribution in [3.05, 3.63) is 48.3 Å².